The maximum absolute atomic E-state index is 11.6. The maximum atomic E-state index is 11.6. The van der Waals surface area contributed by atoms with Gasteiger partial charge >= 0.3 is 0 Å². The molecule has 0 aliphatic rings. The third-order valence-electron chi connectivity index (χ3n) is 2.12. The largest absolute Gasteiger partial charge is 0.287 e. The Morgan fingerprint density at radius 2 is 2.19 bits per heavy atom. The van der Waals surface area contributed by atoms with Gasteiger partial charge in [-0.25, -0.2) is 0 Å². The Hall–Kier alpha value is -2.17. The summed E-state index contributed by atoms with van der Waals surface area (Å²) in [6.07, 6.45) is 8.50. The molecular weight excluding hydrogens is 204 g/mol. The summed E-state index contributed by atoms with van der Waals surface area (Å²) < 4.78 is 3.29. The second-order valence-corrected chi connectivity index (χ2v) is 3.52. The second kappa shape index (κ2) is 4.14. The molecule has 0 saturated heterocycles. The molecule has 16 heavy (non-hydrogen) atoms. The first-order valence-electron chi connectivity index (χ1n) is 4.86. The summed E-state index contributed by atoms with van der Waals surface area (Å²) in [6.45, 7) is 0. The number of carbonyl (C=O) groups is 1. The minimum atomic E-state index is -0.107. The van der Waals surface area contributed by atoms with Gasteiger partial charge < -0.3 is 0 Å². The van der Waals surface area contributed by atoms with Crippen molar-refractivity contribution in [1.29, 1.82) is 0 Å². The van der Waals surface area contributed by atoms with Gasteiger partial charge in [0.05, 0.1) is 6.20 Å². The molecule has 0 bridgehead atoms. The lowest BCUT2D eigenvalue weighted by molar-refractivity contribution is 0.104. The highest BCUT2D eigenvalue weighted by atomic mass is 16.1. The normalized spacial score (nSPS) is 11.1. The number of allylic oxidation sites excluding steroid dienone is 1. The monoisotopic (exact) mass is 216 g/mol. The Morgan fingerprint density at radius 1 is 1.38 bits per heavy atom. The van der Waals surface area contributed by atoms with E-state index in [4.69, 9.17) is 0 Å². The van der Waals surface area contributed by atoms with Crippen molar-refractivity contribution >= 4 is 11.9 Å². The van der Waals surface area contributed by atoms with Gasteiger partial charge in [-0.15, -0.1) is 0 Å². The van der Waals surface area contributed by atoms with Crippen LogP contribution in [-0.4, -0.2) is 25.3 Å². The average Bonchev–Trinajstić information content (AvgIpc) is 2.84. The first kappa shape index (κ1) is 10.4. The van der Waals surface area contributed by atoms with Crippen LogP contribution in [0, 0.1) is 0 Å². The van der Waals surface area contributed by atoms with Gasteiger partial charge in [0.2, 0.25) is 5.78 Å². The Kier molecular flexibility index (Phi) is 2.68. The third kappa shape index (κ3) is 2.25. The zero-order chi connectivity index (χ0) is 11.5. The minimum absolute atomic E-state index is 0.107. The van der Waals surface area contributed by atoms with Crippen LogP contribution < -0.4 is 0 Å². The van der Waals surface area contributed by atoms with E-state index >= 15 is 0 Å². The van der Waals surface area contributed by atoms with E-state index in [9.17, 15) is 4.79 Å². The number of hydrogen-bond acceptors (Lipinski definition) is 3. The number of nitrogens with zero attached hydrogens (tertiary/aromatic N) is 4. The number of carbonyl (C=O) groups excluding carboxylic acids is 1. The molecule has 2 heterocycles. The average molecular weight is 216 g/mol. The van der Waals surface area contributed by atoms with Gasteiger partial charge in [-0.05, 0) is 18.2 Å². The van der Waals surface area contributed by atoms with Gasteiger partial charge in [-0.3, -0.25) is 14.2 Å². The quantitative estimate of drug-likeness (QED) is 0.569. The van der Waals surface area contributed by atoms with E-state index in [0.29, 0.717) is 5.69 Å². The summed E-state index contributed by atoms with van der Waals surface area (Å²) in [7, 11) is 3.61. The summed E-state index contributed by atoms with van der Waals surface area (Å²) >= 11 is 0. The van der Waals surface area contributed by atoms with Crippen LogP contribution in [0.5, 0.6) is 0 Å². The van der Waals surface area contributed by atoms with E-state index in [1.54, 1.807) is 40.9 Å². The lowest BCUT2D eigenvalue weighted by Gasteiger charge is -1.88. The number of aromatic nitrogens is 4. The number of aryl methyl sites for hydroxylation is 2. The Balaban J connectivity index is 2.10. The molecule has 0 aliphatic carbocycles. The fourth-order valence-electron chi connectivity index (χ4n) is 1.33. The number of ketones is 1. The molecule has 0 spiro atoms. The van der Waals surface area contributed by atoms with Gasteiger partial charge in [0, 0.05) is 32.1 Å². The molecule has 0 saturated carbocycles. The highest BCUT2D eigenvalue weighted by molar-refractivity contribution is 6.05. The Bertz CT molecular complexity index is 536. The van der Waals surface area contributed by atoms with Crippen LogP contribution in [0.25, 0.3) is 6.08 Å². The van der Waals surface area contributed by atoms with Crippen molar-refractivity contribution in [2.24, 2.45) is 14.1 Å². The first-order valence-corrected chi connectivity index (χ1v) is 4.86. The highest BCUT2D eigenvalue weighted by Crippen LogP contribution is 2.02. The van der Waals surface area contributed by atoms with Crippen LogP contribution in [-0.2, 0) is 14.1 Å². The van der Waals surface area contributed by atoms with Crippen LogP contribution in [0.3, 0.4) is 0 Å². The molecule has 5 heteroatoms. The molecule has 0 amide bonds. The van der Waals surface area contributed by atoms with Gasteiger partial charge in [0.25, 0.3) is 0 Å². The zero-order valence-corrected chi connectivity index (χ0v) is 9.16. The van der Waals surface area contributed by atoms with E-state index in [0.717, 1.165) is 5.56 Å². The lowest BCUT2D eigenvalue weighted by atomic mass is 10.2. The fourth-order valence-corrected chi connectivity index (χ4v) is 1.33. The van der Waals surface area contributed by atoms with Crippen LogP contribution in [0.2, 0.25) is 0 Å². The molecule has 0 aliphatic heterocycles. The summed E-state index contributed by atoms with van der Waals surface area (Å²) in [5.74, 6) is -0.107. The van der Waals surface area contributed by atoms with E-state index in [1.165, 1.54) is 6.08 Å². The topological polar surface area (TPSA) is 52.7 Å². The number of rotatable bonds is 3. The van der Waals surface area contributed by atoms with Gasteiger partial charge in [-0.2, -0.15) is 10.2 Å². The van der Waals surface area contributed by atoms with Gasteiger partial charge in [0.15, 0.2) is 0 Å². The van der Waals surface area contributed by atoms with Crippen molar-refractivity contribution in [3.05, 3.63) is 42.0 Å². The molecule has 2 rings (SSSR count). The molecular formula is C11H12N4O. The lowest BCUT2D eigenvalue weighted by Crippen LogP contribution is -1.97. The first-order chi connectivity index (χ1) is 7.65. The predicted octanol–water partition coefficient (Wildman–Crippen LogP) is 1.05. The van der Waals surface area contributed by atoms with E-state index < -0.39 is 0 Å². The maximum Gasteiger partial charge on any atom is 0.206 e. The van der Waals surface area contributed by atoms with Gasteiger partial charge in [0.1, 0.15) is 5.69 Å². The smallest absolute Gasteiger partial charge is 0.206 e. The van der Waals surface area contributed by atoms with Crippen LogP contribution >= 0.6 is 0 Å². The molecule has 0 fully saturated rings. The number of hydrogen-bond donors (Lipinski definition) is 0. The molecule has 0 unspecified atom stereocenters. The molecule has 0 atom stereocenters. The summed E-state index contributed by atoms with van der Waals surface area (Å²) in [5.41, 5.74) is 1.34. The molecule has 0 aromatic carbocycles. The van der Waals surface area contributed by atoms with Crippen molar-refractivity contribution in [2.75, 3.05) is 0 Å². The Labute approximate surface area is 93.0 Å². The molecule has 82 valence electrons. The van der Waals surface area contributed by atoms with Crippen LogP contribution in [0.1, 0.15) is 16.1 Å². The minimum Gasteiger partial charge on any atom is -0.287 e. The summed E-state index contributed by atoms with van der Waals surface area (Å²) in [4.78, 5) is 11.6. The Morgan fingerprint density at radius 3 is 2.75 bits per heavy atom. The standard InChI is InChI=1S/C11H12N4O/c1-14-6-5-10(13-14)11(16)4-3-9-7-12-15(2)8-9/h3-8H,1-2H3/b4-3+. The third-order valence-corrected chi connectivity index (χ3v) is 2.12. The zero-order valence-electron chi connectivity index (χ0n) is 9.16. The molecule has 0 radical (unpaired) electrons. The van der Waals surface area contributed by atoms with Crippen molar-refractivity contribution in [3.8, 4) is 0 Å². The van der Waals surface area contributed by atoms with Crippen molar-refractivity contribution in [1.82, 2.24) is 19.6 Å². The molecule has 2 aromatic heterocycles. The summed E-state index contributed by atoms with van der Waals surface area (Å²) in [5, 5.41) is 8.03. The predicted molar refractivity (Wildman–Crippen MR) is 59.8 cm³/mol. The van der Waals surface area contributed by atoms with Crippen molar-refractivity contribution in [3.63, 3.8) is 0 Å². The fraction of sp³-hybridized carbons (Fsp3) is 0.182. The SMILES string of the molecule is Cn1cc(/C=C/C(=O)c2ccn(C)n2)cn1. The van der Waals surface area contributed by atoms with E-state index in [2.05, 4.69) is 10.2 Å². The molecule has 0 N–H and O–H groups in total. The van der Waals surface area contributed by atoms with Crippen LogP contribution in [0.4, 0.5) is 0 Å². The summed E-state index contributed by atoms with van der Waals surface area (Å²) in [6, 6.07) is 1.69. The van der Waals surface area contributed by atoms with Gasteiger partial charge in [-0.1, -0.05) is 0 Å². The van der Waals surface area contributed by atoms with Crippen LogP contribution in [0.15, 0.2) is 30.7 Å². The van der Waals surface area contributed by atoms with Crippen molar-refractivity contribution in [2.45, 2.75) is 0 Å². The van der Waals surface area contributed by atoms with Crippen molar-refractivity contribution < 1.29 is 4.79 Å². The van der Waals surface area contributed by atoms with E-state index in [-0.39, 0.29) is 5.78 Å². The molecule has 2 aromatic rings. The highest BCUT2D eigenvalue weighted by Gasteiger charge is 2.04. The second-order valence-electron chi connectivity index (χ2n) is 3.52. The van der Waals surface area contributed by atoms with E-state index in [1.807, 2.05) is 13.2 Å². The molecule has 5 nitrogen and oxygen atoms in total.